The molecule has 0 radical (unpaired) electrons. The SMILES string of the molecule is CCN(C(=O)OC(C)(C)C)[C@@H]1CCNC1.Cl. The summed E-state index contributed by atoms with van der Waals surface area (Å²) in [7, 11) is 0. The number of carbonyl (C=O) groups excluding carboxylic acids is 1. The molecule has 1 atom stereocenters. The minimum atomic E-state index is -0.406. The average Bonchev–Trinajstić information content (AvgIpc) is 2.54. The van der Waals surface area contributed by atoms with E-state index in [0.717, 1.165) is 19.5 Å². The lowest BCUT2D eigenvalue weighted by Gasteiger charge is -2.30. The Kier molecular flexibility index (Phi) is 6.11. The first kappa shape index (κ1) is 15.5. The zero-order valence-electron chi connectivity index (χ0n) is 10.6. The number of hydrogen-bond donors (Lipinski definition) is 1. The summed E-state index contributed by atoms with van der Waals surface area (Å²) in [4.78, 5) is 13.7. The third-order valence-corrected chi connectivity index (χ3v) is 2.44. The number of rotatable bonds is 2. The van der Waals surface area contributed by atoms with Gasteiger partial charge in [-0.05, 0) is 40.7 Å². The molecule has 0 aromatic rings. The Hall–Kier alpha value is -0.480. The highest BCUT2D eigenvalue weighted by Crippen LogP contribution is 2.14. The number of amides is 1. The van der Waals surface area contributed by atoms with Crippen LogP contribution in [0.2, 0.25) is 0 Å². The summed E-state index contributed by atoms with van der Waals surface area (Å²) in [6.07, 6.45) is 0.825. The van der Waals surface area contributed by atoms with Crippen LogP contribution in [0.4, 0.5) is 4.79 Å². The minimum Gasteiger partial charge on any atom is -0.444 e. The number of nitrogens with one attached hydrogen (secondary N) is 1. The number of carbonyl (C=O) groups is 1. The van der Waals surface area contributed by atoms with Crippen LogP contribution >= 0.6 is 12.4 Å². The monoisotopic (exact) mass is 250 g/mol. The Bertz CT molecular complexity index is 223. The van der Waals surface area contributed by atoms with Crippen LogP contribution in [-0.4, -0.2) is 42.3 Å². The number of nitrogens with zero attached hydrogens (tertiary/aromatic N) is 1. The van der Waals surface area contributed by atoms with E-state index >= 15 is 0 Å². The van der Waals surface area contributed by atoms with Crippen LogP contribution < -0.4 is 5.32 Å². The highest BCUT2D eigenvalue weighted by atomic mass is 35.5. The van der Waals surface area contributed by atoms with Gasteiger partial charge in [0.15, 0.2) is 0 Å². The van der Waals surface area contributed by atoms with Gasteiger partial charge in [-0.3, -0.25) is 0 Å². The first-order valence-electron chi connectivity index (χ1n) is 5.64. The van der Waals surface area contributed by atoms with E-state index in [2.05, 4.69) is 5.32 Å². The maximum atomic E-state index is 11.9. The highest BCUT2D eigenvalue weighted by Gasteiger charge is 2.28. The predicted molar refractivity (Wildman–Crippen MR) is 67.1 cm³/mol. The molecule has 1 saturated heterocycles. The normalized spacial score (nSPS) is 20.1. The zero-order chi connectivity index (χ0) is 11.5. The Morgan fingerprint density at radius 3 is 2.50 bits per heavy atom. The summed E-state index contributed by atoms with van der Waals surface area (Å²) in [6, 6.07) is 0.296. The first-order chi connectivity index (χ1) is 6.94. The lowest BCUT2D eigenvalue weighted by molar-refractivity contribution is 0.0189. The summed E-state index contributed by atoms with van der Waals surface area (Å²) >= 11 is 0. The van der Waals surface area contributed by atoms with Crippen molar-refractivity contribution in [1.82, 2.24) is 10.2 Å². The molecule has 1 amide bonds. The van der Waals surface area contributed by atoms with Crippen molar-refractivity contribution in [3.8, 4) is 0 Å². The molecule has 0 saturated carbocycles. The molecule has 1 aliphatic heterocycles. The standard InChI is InChI=1S/C11H22N2O2.ClH/c1-5-13(9-6-7-12-8-9)10(14)15-11(2,3)4;/h9,12H,5-8H2,1-4H3;1H/t9-;/m1./s1. The van der Waals surface area contributed by atoms with E-state index < -0.39 is 5.60 Å². The molecule has 0 aromatic heterocycles. The maximum absolute atomic E-state index is 11.9. The van der Waals surface area contributed by atoms with Gasteiger partial charge in [0.2, 0.25) is 0 Å². The van der Waals surface area contributed by atoms with Crippen LogP contribution in [0.15, 0.2) is 0 Å². The largest absolute Gasteiger partial charge is 0.444 e. The molecule has 0 unspecified atom stereocenters. The van der Waals surface area contributed by atoms with Gasteiger partial charge in [-0.1, -0.05) is 0 Å². The van der Waals surface area contributed by atoms with Crippen LogP contribution in [0, 0.1) is 0 Å². The van der Waals surface area contributed by atoms with Crippen molar-refractivity contribution in [2.75, 3.05) is 19.6 Å². The van der Waals surface area contributed by atoms with E-state index in [-0.39, 0.29) is 18.5 Å². The fourth-order valence-corrected chi connectivity index (χ4v) is 1.76. The van der Waals surface area contributed by atoms with Crippen molar-refractivity contribution in [1.29, 1.82) is 0 Å². The van der Waals surface area contributed by atoms with E-state index in [1.165, 1.54) is 0 Å². The van der Waals surface area contributed by atoms with Gasteiger partial charge in [0.05, 0.1) is 0 Å². The summed E-state index contributed by atoms with van der Waals surface area (Å²) in [5, 5.41) is 3.26. The fraction of sp³-hybridized carbons (Fsp3) is 0.909. The maximum Gasteiger partial charge on any atom is 0.410 e. The second-order valence-corrected chi connectivity index (χ2v) is 4.91. The molecule has 16 heavy (non-hydrogen) atoms. The van der Waals surface area contributed by atoms with Gasteiger partial charge >= 0.3 is 6.09 Å². The quantitative estimate of drug-likeness (QED) is 0.816. The molecule has 5 heteroatoms. The zero-order valence-corrected chi connectivity index (χ0v) is 11.4. The topological polar surface area (TPSA) is 41.6 Å². The molecule has 0 spiro atoms. The molecule has 1 heterocycles. The van der Waals surface area contributed by atoms with E-state index in [0.29, 0.717) is 12.6 Å². The lowest BCUT2D eigenvalue weighted by atomic mass is 10.2. The Balaban J connectivity index is 0.00000225. The molecule has 0 aliphatic carbocycles. The number of ether oxygens (including phenoxy) is 1. The molecule has 1 fully saturated rings. The van der Waals surface area contributed by atoms with Crippen LogP contribution in [-0.2, 0) is 4.74 Å². The molecular weight excluding hydrogens is 228 g/mol. The second kappa shape index (κ2) is 6.30. The lowest BCUT2D eigenvalue weighted by Crippen LogP contribution is -2.44. The summed E-state index contributed by atoms with van der Waals surface area (Å²) in [5.74, 6) is 0. The van der Waals surface area contributed by atoms with Gasteiger partial charge < -0.3 is 15.0 Å². The van der Waals surface area contributed by atoms with Gasteiger partial charge in [-0.15, -0.1) is 12.4 Å². The van der Waals surface area contributed by atoms with Gasteiger partial charge in [-0.25, -0.2) is 4.79 Å². The van der Waals surface area contributed by atoms with E-state index in [1.54, 1.807) is 0 Å². The van der Waals surface area contributed by atoms with Gasteiger partial charge in [0.25, 0.3) is 0 Å². The van der Waals surface area contributed by atoms with E-state index in [9.17, 15) is 4.79 Å². The predicted octanol–water partition coefficient (Wildman–Crippen LogP) is 2.03. The van der Waals surface area contributed by atoms with E-state index in [1.807, 2.05) is 32.6 Å². The molecule has 4 nitrogen and oxygen atoms in total. The van der Waals surface area contributed by atoms with Crippen molar-refractivity contribution in [2.45, 2.75) is 45.8 Å². The molecule has 96 valence electrons. The van der Waals surface area contributed by atoms with Crippen molar-refractivity contribution >= 4 is 18.5 Å². The first-order valence-corrected chi connectivity index (χ1v) is 5.64. The second-order valence-electron chi connectivity index (χ2n) is 4.91. The average molecular weight is 251 g/mol. The van der Waals surface area contributed by atoms with Gasteiger partial charge in [0, 0.05) is 19.1 Å². The molecular formula is C11H23ClN2O2. The minimum absolute atomic E-state index is 0. The molecule has 1 N–H and O–H groups in total. The van der Waals surface area contributed by atoms with E-state index in [4.69, 9.17) is 4.74 Å². The van der Waals surface area contributed by atoms with Crippen molar-refractivity contribution in [3.05, 3.63) is 0 Å². The number of likely N-dealkylation sites (N-methyl/N-ethyl adjacent to an activating group) is 1. The van der Waals surface area contributed by atoms with Crippen molar-refractivity contribution in [3.63, 3.8) is 0 Å². The van der Waals surface area contributed by atoms with Crippen LogP contribution in [0.3, 0.4) is 0 Å². The van der Waals surface area contributed by atoms with Crippen LogP contribution in [0.5, 0.6) is 0 Å². The van der Waals surface area contributed by atoms with Gasteiger partial charge in [-0.2, -0.15) is 0 Å². The molecule has 0 aromatic carbocycles. The number of halogens is 1. The Labute approximate surface area is 104 Å². The highest BCUT2D eigenvalue weighted by molar-refractivity contribution is 5.85. The van der Waals surface area contributed by atoms with Crippen LogP contribution in [0.25, 0.3) is 0 Å². The third-order valence-electron chi connectivity index (χ3n) is 2.44. The Morgan fingerprint density at radius 1 is 1.50 bits per heavy atom. The smallest absolute Gasteiger partial charge is 0.410 e. The molecule has 1 rings (SSSR count). The summed E-state index contributed by atoms with van der Waals surface area (Å²) < 4.78 is 5.36. The summed E-state index contributed by atoms with van der Waals surface area (Å²) in [5.41, 5.74) is -0.406. The molecule has 0 bridgehead atoms. The summed E-state index contributed by atoms with van der Waals surface area (Å²) in [6.45, 7) is 10.3. The fourth-order valence-electron chi connectivity index (χ4n) is 1.76. The van der Waals surface area contributed by atoms with Crippen LogP contribution in [0.1, 0.15) is 34.1 Å². The Morgan fingerprint density at radius 2 is 2.12 bits per heavy atom. The van der Waals surface area contributed by atoms with Gasteiger partial charge in [0.1, 0.15) is 5.60 Å². The third kappa shape index (κ3) is 4.58. The number of hydrogen-bond acceptors (Lipinski definition) is 3. The van der Waals surface area contributed by atoms with Crippen molar-refractivity contribution in [2.24, 2.45) is 0 Å². The van der Waals surface area contributed by atoms with Crippen molar-refractivity contribution < 1.29 is 9.53 Å². The molecule has 1 aliphatic rings.